The van der Waals surface area contributed by atoms with Crippen LogP contribution in [0.4, 0.5) is 0 Å². The number of carbonyl (C=O) groups excluding carboxylic acids is 1. The number of hydrogen-bond donors (Lipinski definition) is 0. The molecule has 0 unspecified atom stereocenters. The van der Waals surface area contributed by atoms with Gasteiger partial charge in [0.2, 0.25) is 5.88 Å². The molecule has 1 heterocycles. The molecule has 1 aromatic heterocycles. The second-order valence-electron chi connectivity index (χ2n) is 6.20. The molecular weight excluding hydrogens is 404 g/mol. The van der Waals surface area contributed by atoms with E-state index in [-0.39, 0.29) is 11.7 Å². The number of carbonyl (C=O) groups is 1. The van der Waals surface area contributed by atoms with Crippen LogP contribution in [0.15, 0.2) is 95.9 Å². The Labute approximate surface area is 178 Å². The van der Waals surface area contributed by atoms with Gasteiger partial charge in [0, 0.05) is 21.5 Å². The Balaban J connectivity index is 1.60. The highest BCUT2D eigenvalue weighted by Crippen LogP contribution is 2.28. The molecule has 0 saturated carbocycles. The van der Waals surface area contributed by atoms with Crippen molar-refractivity contribution >= 4 is 29.3 Å². The van der Waals surface area contributed by atoms with Crippen LogP contribution < -0.4 is 4.74 Å². The number of thioether (sulfide) groups is 1. The molecule has 0 atom stereocenters. The van der Waals surface area contributed by atoms with Gasteiger partial charge in [0.25, 0.3) is 0 Å². The molecular formula is C23H17ClN2O2S. The second kappa shape index (κ2) is 8.99. The van der Waals surface area contributed by atoms with Gasteiger partial charge in [-0.15, -0.1) is 11.8 Å². The van der Waals surface area contributed by atoms with Gasteiger partial charge in [0.15, 0.2) is 0 Å². The minimum Gasteiger partial charge on any atom is -0.407 e. The van der Waals surface area contributed by atoms with Crippen molar-refractivity contribution in [1.29, 1.82) is 0 Å². The first-order chi connectivity index (χ1) is 14.2. The van der Waals surface area contributed by atoms with Crippen molar-refractivity contribution < 1.29 is 9.53 Å². The van der Waals surface area contributed by atoms with Crippen molar-refractivity contribution in [2.24, 2.45) is 0 Å². The molecule has 0 aliphatic heterocycles. The molecule has 4 nitrogen and oxygen atoms in total. The molecule has 0 saturated heterocycles. The number of nitrogens with zero attached hydrogens (tertiary/aromatic N) is 2. The summed E-state index contributed by atoms with van der Waals surface area (Å²) in [4.78, 5) is 13.5. The summed E-state index contributed by atoms with van der Waals surface area (Å²) in [5.41, 5.74) is 2.37. The van der Waals surface area contributed by atoms with Crippen LogP contribution in [0.5, 0.6) is 5.88 Å². The predicted octanol–water partition coefficient (Wildman–Crippen LogP) is 5.89. The summed E-state index contributed by atoms with van der Waals surface area (Å²) in [5.74, 6) is 0.206. The van der Waals surface area contributed by atoms with Crippen molar-refractivity contribution in [3.05, 3.63) is 96.0 Å². The third-order valence-electron chi connectivity index (χ3n) is 4.12. The Bertz CT molecular complexity index is 1110. The standard InChI is InChI=1S/C23H17ClN2O2S/c24-18-10-7-11-19(14-18)26-22(15-21(25-26)17-8-3-1-4-9-17)28-23(27)16-29-20-12-5-2-6-13-20/h1-15H,16H2. The van der Waals surface area contributed by atoms with E-state index in [1.54, 1.807) is 22.9 Å². The average Bonchev–Trinajstić information content (AvgIpc) is 3.17. The van der Waals surface area contributed by atoms with Gasteiger partial charge >= 0.3 is 5.97 Å². The molecule has 0 spiro atoms. The third-order valence-corrected chi connectivity index (χ3v) is 5.34. The number of esters is 1. The summed E-state index contributed by atoms with van der Waals surface area (Å²) in [6, 6.07) is 28.5. The molecule has 0 N–H and O–H groups in total. The fourth-order valence-corrected chi connectivity index (χ4v) is 3.66. The molecule has 29 heavy (non-hydrogen) atoms. The predicted molar refractivity (Wildman–Crippen MR) is 117 cm³/mol. The molecule has 3 aromatic carbocycles. The number of rotatable bonds is 6. The first-order valence-corrected chi connectivity index (χ1v) is 10.4. The van der Waals surface area contributed by atoms with E-state index in [1.165, 1.54) is 11.8 Å². The normalized spacial score (nSPS) is 10.7. The lowest BCUT2D eigenvalue weighted by molar-refractivity contribution is -0.131. The monoisotopic (exact) mass is 420 g/mol. The number of halogens is 1. The van der Waals surface area contributed by atoms with E-state index in [0.717, 1.165) is 16.1 Å². The molecule has 0 amide bonds. The SMILES string of the molecule is O=C(CSc1ccccc1)Oc1cc(-c2ccccc2)nn1-c1cccc(Cl)c1. The van der Waals surface area contributed by atoms with Gasteiger partial charge in [0.1, 0.15) is 0 Å². The van der Waals surface area contributed by atoms with Crippen molar-refractivity contribution in [2.75, 3.05) is 5.75 Å². The van der Waals surface area contributed by atoms with Crippen LogP contribution in [-0.2, 0) is 4.79 Å². The molecule has 4 aromatic rings. The van der Waals surface area contributed by atoms with Gasteiger partial charge in [-0.25, -0.2) is 0 Å². The van der Waals surface area contributed by atoms with Gasteiger partial charge in [-0.1, -0.05) is 66.2 Å². The van der Waals surface area contributed by atoms with Gasteiger partial charge < -0.3 is 4.74 Å². The summed E-state index contributed by atoms with van der Waals surface area (Å²) < 4.78 is 7.26. The molecule has 0 fully saturated rings. The van der Waals surface area contributed by atoms with Crippen LogP contribution in [0.3, 0.4) is 0 Å². The first kappa shape index (κ1) is 19.3. The van der Waals surface area contributed by atoms with Crippen LogP contribution in [0.2, 0.25) is 5.02 Å². The summed E-state index contributed by atoms with van der Waals surface area (Å²) in [5, 5.41) is 5.22. The van der Waals surface area contributed by atoms with Crippen molar-refractivity contribution in [1.82, 2.24) is 9.78 Å². The fourth-order valence-electron chi connectivity index (χ4n) is 2.78. The maximum Gasteiger partial charge on any atom is 0.322 e. The zero-order valence-corrected chi connectivity index (χ0v) is 16.9. The van der Waals surface area contributed by atoms with Gasteiger partial charge in [-0.2, -0.15) is 9.78 Å². The lowest BCUT2D eigenvalue weighted by Crippen LogP contribution is -2.13. The Morgan fingerprint density at radius 2 is 1.66 bits per heavy atom. The Morgan fingerprint density at radius 1 is 0.931 bits per heavy atom. The van der Waals surface area contributed by atoms with Crippen LogP contribution in [0.25, 0.3) is 16.9 Å². The van der Waals surface area contributed by atoms with Crippen LogP contribution >= 0.6 is 23.4 Å². The fraction of sp³-hybridized carbons (Fsp3) is 0.0435. The highest BCUT2D eigenvalue weighted by Gasteiger charge is 2.16. The minimum absolute atomic E-state index is 0.200. The summed E-state index contributed by atoms with van der Waals surface area (Å²) in [7, 11) is 0. The van der Waals surface area contributed by atoms with Gasteiger partial charge in [0.05, 0.1) is 17.1 Å². The van der Waals surface area contributed by atoms with Crippen LogP contribution in [0.1, 0.15) is 0 Å². The number of benzene rings is 3. The van der Waals surface area contributed by atoms with E-state index in [2.05, 4.69) is 5.10 Å². The maximum atomic E-state index is 12.5. The highest BCUT2D eigenvalue weighted by molar-refractivity contribution is 8.00. The summed E-state index contributed by atoms with van der Waals surface area (Å²) >= 11 is 7.57. The van der Waals surface area contributed by atoms with E-state index in [9.17, 15) is 4.79 Å². The van der Waals surface area contributed by atoms with E-state index in [4.69, 9.17) is 16.3 Å². The van der Waals surface area contributed by atoms with Gasteiger partial charge in [-0.3, -0.25) is 4.79 Å². The second-order valence-corrected chi connectivity index (χ2v) is 7.69. The zero-order chi connectivity index (χ0) is 20.1. The van der Waals surface area contributed by atoms with Crippen LogP contribution in [-0.4, -0.2) is 21.5 Å². The number of ether oxygens (including phenoxy) is 1. The Morgan fingerprint density at radius 3 is 2.38 bits per heavy atom. The van der Waals surface area contributed by atoms with E-state index >= 15 is 0 Å². The van der Waals surface area contributed by atoms with Crippen molar-refractivity contribution in [3.63, 3.8) is 0 Å². The highest BCUT2D eigenvalue weighted by atomic mass is 35.5. The smallest absolute Gasteiger partial charge is 0.322 e. The number of aromatic nitrogens is 2. The molecule has 144 valence electrons. The van der Waals surface area contributed by atoms with E-state index in [0.29, 0.717) is 16.6 Å². The topological polar surface area (TPSA) is 44.1 Å². The Hall–Kier alpha value is -3.02. The maximum absolute atomic E-state index is 12.5. The van der Waals surface area contributed by atoms with Crippen molar-refractivity contribution in [3.8, 4) is 22.8 Å². The minimum atomic E-state index is -0.346. The lowest BCUT2D eigenvalue weighted by Gasteiger charge is -2.08. The molecule has 6 heteroatoms. The largest absolute Gasteiger partial charge is 0.407 e. The summed E-state index contributed by atoms with van der Waals surface area (Å²) in [6.07, 6.45) is 0. The third kappa shape index (κ3) is 4.88. The van der Waals surface area contributed by atoms with E-state index in [1.807, 2.05) is 72.8 Å². The molecule has 0 radical (unpaired) electrons. The van der Waals surface area contributed by atoms with Gasteiger partial charge in [-0.05, 0) is 30.3 Å². The molecule has 0 aliphatic rings. The van der Waals surface area contributed by atoms with Crippen LogP contribution in [0, 0.1) is 0 Å². The zero-order valence-electron chi connectivity index (χ0n) is 15.4. The average molecular weight is 421 g/mol. The molecule has 0 aliphatic carbocycles. The lowest BCUT2D eigenvalue weighted by atomic mass is 10.2. The Kier molecular flexibility index (Phi) is 5.98. The van der Waals surface area contributed by atoms with Crippen molar-refractivity contribution in [2.45, 2.75) is 4.90 Å². The summed E-state index contributed by atoms with van der Waals surface area (Å²) in [6.45, 7) is 0. The molecule has 0 bridgehead atoms. The quantitative estimate of drug-likeness (QED) is 0.288. The first-order valence-electron chi connectivity index (χ1n) is 8.99. The van der Waals surface area contributed by atoms with E-state index < -0.39 is 0 Å². The molecule has 4 rings (SSSR count). The number of hydrogen-bond acceptors (Lipinski definition) is 4.